The second-order valence-corrected chi connectivity index (χ2v) is 4.18. The van der Waals surface area contributed by atoms with E-state index in [1.807, 2.05) is 31.2 Å². The van der Waals surface area contributed by atoms with Crippen LogP contribution < -0.4 is 9.47 Å². The highest BCUT2D eigenvalue weighted by atomic mass is 16.5. The van der Waals surface area contributed by atoms with Gasteiger partial charge in [-0.05, 0) is 39.3 Å². The largest absolute Gasteiger partial charge is 0.496 e. The number of benzene rings is 1. The van der Waals surface area contributed by atoms with Crippen molar-refractivity contribution in [1.82, 2.24) is 0 Å². The molecule has 1 aromatic rings. The van der Waals surface area contributed by atoms with Gasteiger partial charge in [-0.25, -0.2) is 4.79 Å². The Morgan fingerprint density at radius 2 is 1.90 bits per heavy atom. The molecule has 0 aliphatic rings. The Balaban J connectivity index is 2.95. The minimum absolute atomic E-state index is 0.291. The first kappa shape index (κ1) is 16.1. The Labute approximate surface area is 120 Å². The van der Waals surface area contributed by atoms with Gasteiger partial charge in [0.25, 0.3) is 0 Å². The van der Waals surface area contributed by atoms with Gasteiger partial charge in [0.2, 0.25) is 0 Å². The van der Waals surface area contributed by atoms with Crippen molar-refractivity contribution in [3.05, 3.63) is 35.4 Å². The molecule has 0 amide bonds. The average molecular weight is 278 g/mol. The number of rotatable bonds is 7. The minimum atomic E-state index is -0.291. The highest BCUT2D eigenvalue weighted by Gasteiger charge is 2.10. The molecule has 0 aliphatic heterocycles. The smallest absolute Gasteiger partial charge is 0.333 e. The topological polar surface area (TPSA) is 44.8 Å². The zero-order valence-electron chi connectivity index (χ0n) is 12.6. The first-order valence-electron chi connectivity index (χ1n) is 6.76. The summed E-state index contributed by atoms with van der Waals surface area (Å²) in [6.07, 6.45) is 2.39. The number of carbonyl (C=O) groups excluding carboxylic acids is 1. The molecular weight excluding hydrogens is 256 g/mol. The van der Waals surface area contributed by atoms with Gasteiger partial charge in [0, 0.05) is 11.1 Å². The van der Waals surface area contributed by atoms with E-state index in [9.17, 15) is 4.79 Å². The zero-order valence-corrected chi connectivity index (χ0v) is 12.6. The van der Waals surface area contributed by atoms with Crippen LogP contribution in [0, 0.1) is 0 Å². The van der Waals surface area contributed by atoms with Gasteiger partial charge in [0.15, 0.2) is 0 Å². The van der Waals surface area contributed by atoms with Crippen molar-refractivity contribution >= 4 is 5.97 Å². The Bertz CT molecular complexity index is 477. The van der Waals surface area contributed by atoms with E-state index >= 15 is 0 Å². The standard InChI is InChI=1S/C16H22O4/c1-5-19-15-9-7-8-14(18-4)13(15)11-10-12(3)16(17)20-6-2/h7-10H,5-6,11H2,1-4H3. The Morgan fingerprint density at radius 1 is 1.20 bits per heavy atom. The van der Waals surface area contributed by atoms with Crippen LogP contribution in [0.2, 0.25) is 0 Å². The lowest BCUT2D eigenvalue weighted by Gasteiger charge is -2.13. The molecule has 0 saturated heterocycles. The van der Waals surface area contributed by atoms with Crippen molar-refractivity contribution in [2.45, 2.75) is 27.2 Å². The number of allylic oxidation sites excluding steroid dienone is 1. The van der Waals surface area contributed by atoms with Crippen LogP contribution in [0.1, 0.15) is 26.3 Å². The van der Waals surface area contributed by atoms with Gasteiger partial charge in [-0.2, -0.15) is 0 Å². The van der Waals surface area contributed by atoms with Gasteiger partial charge in [-0.15, -0.1) is 0 Å². The van der Waals surface area contributed by atoms with Crippen LogP contribution in [-0.2, 0) is 16.0 Å². The number of methoxy groups -OCH3 is 1. The van der Waals surface area contributed by atoms with E-state index in [4.69, 9.17) is 14.2 Å². The number of ether oxygens (including phenoxy) is 3. The summed E-state index contributed by atoms with van der Waals surface area (Å²) in [7, 11) is 1.62. The SMILES string of the molecule is CCOC(=O)C(C)=CCc1c(OC)cccc1OCC. The number of carbonyl (C=O) groups is 1. The average Bonchev–Trinajstić information content (AvgIpc) is 2.45. The fraction of sp³-hybridized carbons (Fsp3) is 0.438. The van der Waals surface area contributed by atoms with Gasteiger partial charge in [-0.3, -0.25) is 0 Å². The van der Waals surface area contributed by atoms with Crippen molar-refractivity contribution in [2.24, 2.45) is 0 Å². The Hall–Kier alpha value is -1.97. The molecule has 0 aliphatic carbocycles. The number of hydrogen-bond donors (Lipinski definition) is 0. The van der Waals surface area contributed by atoms with Crippen LogP contribution in [0.25, 0.3) is 0 Å². The molecule has 0 bridgehead atoms. The number of hydrogen-bond acceptors (Lipinski definition) is 4. The van der Waals surface area contributed by atoms with Gasteiger partial charge in [-0.1, -0.05) is 12.1 Å². The fourth-order valence-electron chi connectivity index (χ4n) is 1.81. The molecule has 0 saturated carbocycles. The lowest BCUT2D eigenvalue weighted by molar-refractivity contribution is -0.138. The molecule has 0 atom stereocenters. The van der Waals surface area contributed by atoms with Crippen LogP contribution in [0.3, 0.4) is 0 Å². The van der Waals surface area contributed by atoms with Crippen LogP contribution in [0.5, 0.6) is 11.5 Å². The van der Waals surface area contributed by atoms with Crippen LogP contribution in [0.4, 0.5) is 0 Å². The van der Waals surface area contributed by atoms with Gasteiger partial charge >= 0.3 is 5.97 Å². The van der Waals surface area contributed by atoms with Gasteiger partial charge in [0.1, 0.15) is 11.5 Å². The molecule has 4 nitrogen and oxygen atoms in total. The van der Waals surface area contributed by atoms with Crippen LogP contribution in [0.15, 0.2) is 29.8 Å². The number of esters is 1. The molecule has 0 heterocycles. The molecule has 0 fully saturated rings. The maximum atomic E-state index is 11.6. The summed E-state index contributed by atoms with van der Waals surface area (Å²) >= 11 is 0. The maximum absolute atomic E-state index is 11.6. The normalized spacial score (nSPS) is 11.1. The molecule has 0 radical (unpaired) electrons. The van der Waals surface area contributed by atoms with E-state index in [0.717, 1.165) is 17.1 Å². The third kappa shape index (κ3) is 4.30. The van der Waals surface area contributed by atoms with Gasteiger partial charge in [0.05, 0.1) is 20.3 Å². The summed E-state index contributed by atoms with van der Waals surface area (Å²) in [5.74, 6) is 1.24. The summed E-state index contributed by atoms with van der Waals surface area (Å²) in [6, 6.07) is 5.66. The van der Waals surface area contributed by atoms with E-state index < -0.39 is 0 Å². The minimum Gasteiger partial charge on any atom is -0.496 e. The Morgan fingerprint density at radius 3 is 2.50 bits per heavy atom. The monoisotopic (exact) mass is 278 g/mol. The second kappa shape index (κ2) is 8.25. The highest BCUT2D eigenvalue weighted by molar-refractivity contribution is 5.87. The third-order valence-corrected chi connectivity index (χ3v) is 2.82. The lowest BCUT2D eigenvalue weighted by atomic mass is 10.1. The van der Waals surface area contributed by atoms with E-state index in [0.29, 0.717) is 25.2 Å². The quantitative estimate of drug-likeness (QED) is 0.568. The third-order valence-electron chi connectivity index (χ3n) is 2.82. The van der Waals surface area contributed by atoms with Crippen LogP contribution in [-0.4, -0.2) is 26.3 Å². The molecule has 20 heavy (non-hydrogen) atoms. The van der Waals surface area contributed by atoms with E-state index in [2.05, 4.69) is 0 Å². The fourth-order valence-corrected chi connectivity index (χ4v) is 1.81. The highest BCUT2D eigenvalue weighted by Crippen LogP contribution is 2.29. The molecule has 1 rings (SSSR count). The van der Waals surface area contributed by atoms with E-state index in [1.54, 1.807) is 21.0 Å². The summed E-state index contributed by atoms with van der Waals surface area (Å²) in [5.41, 5.74) is 1.51. The van der Waals surface area contributed by atoms with E-state index in [-0.39, 0.29) is 5.97 Å². The van der Waals surface area contributed by atoms with Crippen molar-refractivity contribution in [3.63, 3.8) is 0 Å². The first-order chi connectivity index (χ1) is 9.63. The van der Waals surface area contributed by atoms with E-state index in [1.165, 1.54) is 0 Å². The molecule has 0 aromatic heterocycles. The molecule has 4 heteroatoms. The molecule has 0 N–H and O–H groups in total. The van der Waals surface area contributed by atoms with Gasteiger partial charge < -0.3 is 14.2 Å². The molecule has 1 aromatic carbocycles. The lowest BCUT2D eigenvalue weighted by Crippen LogP contribution is -2.06. The van der Waals surface area contributed by atoms with Crippen molar-refractivity contribution < 1.29 is 19.0 Å². The first-order valence-corrected chi connectivity index (χ1v) is 6.76. The molecule has 0 unspecified atom stereocenters. The molecule has 0 spiro atoms. The van der Waals surface area contributed by atoms with Crippen molar-refractivity contribution in [1.29, 1.82) is 0 Å². The van der Waals surface area contributed by atoms with Crippen LogP contribution >= 0.6 is 0 Å². The zero-order chi connectivity index (χ0) is 15.0. The second-order valence-electron chi connectivity index (χ2n) is 4.18. The molecule has 110 valence electrons. The summed E-state index contributed by atoms with van der Waals surface area (Å²) in [4.78, 5) is 11.6. The predicted octanol–water partition coefficient (Wildman–Crippen LogP) is 3.15. The summed E-state index contributed by atoms with van der Waals surface area (Å²) < 4.78 is 15.9. The predicted molar refractivity (Wildman–Crippen MR) is 78.3 cm³/mol. The van der Waals surface area contributed by atoms with Crippen molar-refractivity contribution in [2.75, 3.05) is 20.3 Å². The summed E-state index contributed by atoms with van der Waals surface area (Å²) in [5, 5.41) is 0. The maximum Gasteiger partial charge on any atom is 0.333 e. The summed E-state index contributed by atoms with van der Waals surface area (Å²) in [6.45, 7) is 6.43. The van der Waals surface area contributed by atoms with Crippen molar-refractivity contribution in [3.8, 4) is 11.5 Å². The molecular formula is C16H22O4. The Kier molecular flexibility index (Phi) is 6.64.